The minimum atomic E-state index is -0.399. The number of ether oxygens (including phenoxy) is 1. The summed E-state index contributed by atoms with van der Waals surface area (Å²) in [7, 11) is 1.39. The number of nitrogens with zero attached hydrogens (tertiary/aromatic N) is 1. The average Bonchev–Trinajstić information content (AvgIpc) is 3.05. The topological polar surface area (TPSA) is 51.5 Å². The molecule has 4 nitrogen and oxygen atoms in total. The van der Waals surface area contributed by atoms with Gasteiger partial charge >= 0.3 is 5.97 Å². The molecule has 148 valence electrons. The lowest BCUT2D eigenvalue weighted by Gasteiger charge is -2.13. The monoisotopic (exact) mass is 395 g/mol. The summed E-state index contributed by atoms with van der Waals surface area (Å²) >= 11 is 0. The summed E-state index contributed by atoms with van der Waals surface area (Å²) in [6, 6.07) is 24.0. The van der Waals surface area contributed by atoms with Crippen molar-refractivity contribution in [1.82, 2.24) is 4.57 Å². The second kappa shape index (κ2) is 6.92. The summed E-state index contributed by atoms with van der Waals surface area (Å²) in [4.78, 5) is 12.7. The van der Waals surface area contributed by atoms with Gasteiger partial charge in [0, 0.05) is 28.4 Å². The Morgan fingerprint density at radius 3 is 2.33 bits per heavy atom. The van der Waals surface area contributed by atoms with Crippen molar-refractivity contribution in [2.45, 2.75) is 13.5 Å². The van der Waals surface area contributed by atoms with Crippen LogP contribution in [0.2, 0.25) is 0 Å². The predicted molar refractivity (Wildman–Crippen MR) is 120 cm³/mol. The molecule has 5 aromatic rings. The van der Waals surface area contributed by atoms with Crippen LogP contribution in [0, 0.1) is 6.92 Å². The fourth-order valence-corrected chi connectivity index (χ4v) is 4.48. The number of hydrogen-bond acceptors (Lipinski definition) is 3. The maximum Gasteiger partial charge on any atom is 0.340 e. The van der Waals surface area contributed by atoms with Crippen LogP contribution in [-0.4, -0.2) is 22.8 Å². The van der Waals surface area contributed by atoms with Crippen molar-refractivity contribution in [1.29, 1.82) is 0 Å². The van der Waals surface area contributed by atoms with Gasteiger partial charge in [-0.05, 0) is 29.3 Å². The van der Waals surface area contributed by atoms with E-state index in [1.165, 1.54) is 23.4 Å². The fourth-order valence-electron chi connectivity index (χ4n) is 4.48. The van der Waals surface area contributed by atoms with E-state index in [0.29, 0.717) is 17.5 Å². The van der Waals surface area contributed by atoms with Gasteiger partial charge in [-0.1, -0.05) is 66.7 Å². The Morgan fingerprint density at radius 1 is 0.900 bits per heavy atom. The van der Waals surface area contributed by atoms with Gasteiger partial charge in [0.1, 0.15) is 5.75 Å². The van der Waals surface area contributed by atoms with Gasteiger partial charge < -0.3 is 14.4 Å². The SMILES string of the molecule is COC(=O)c1c(C)n(Cc2cccc3ccccc23)c2c1cc(O)c1ccccc12. The molecule has 1 heterocycles. The molecule has 30 heavy (non-hydrogen) atoms. The molecule has 4 aromatic carbocycles. The molecule has 0 radical (unpaired) electrons. The van der Waals surface area contributed by atoms with E-state index in [0.717, 1.165) is 22.0 Å². The Bertz CT molecular complexity index is 1440. The number of benzene rings is 4. The van der Waals surface area contributed by atoms with Gasteiger partial charge in [-0.2, -0.15) is 0 Å². The molecular formula is C26H21NO3. The molecule has 0 atom stereocenters. The first-order chi connectivity index (χ1) is 14.6. The smallest absolute Gasteiger partial charge is 0.340 e. The number of carbonyl (C=O) groups is 1. The Kier molecular flexibility index (Phi) is 4.21. The molecule has 4 heteroatoms. The van der Waals surface area contributed by atoms with E-state index in [1.54, 1.807) is 6.07 Å². The molecule has 0 aliphatic rings. The number of aromatic hydroxyl groups is 1. The Hall–Kier alpha value is -3.79. The Morgan fingerprint density at radius 2 is 1.57 bits per heavy atom. The van der Waals surface area contributed by atoms with Crippen molar-refractivity contribution in [2.75, 3.05) is 7.11 Å². The van der Waals surface area contributed by atoms with Gasteiger partial charge in [-0.15, -0.1) is 0 Å². The third-order valence-corrected chi connectivity index (χ3v) is 5.90. The third-order valence-electron chi connectivity index (χ3n) is 5.90. The van der Waals surface area contributed by atoms with Crippen molar-refractivity contribution in [3.63, 3.8) is 0 Å². The van der Waals surface area contributed by atoms with E-state index in [-0.39, 0.29) is 5.75 Å². The highest BCUT2D eigenvalue weighted by atomic mass is 16.5. The lowest BCUT2D eigenvalue weighted by Crippen LogP contribution is -2.06. The molecule has 5 rings (SSSR count). The quantitative estimate of drug-likeness (QED) is 0.393. The number of esters is 1. The summed E-state index contributed by atoms with van der Waals surface area (Å²) in [5.41, 5.74) is 3.41. The van der Waals surface area contributed by atoms with E-state index >= 15 is 0 Å². The van der Waals surface area contributed by atoms with Crippen molar-refractivity contribution in [2.24, 2.45) is 0 Å². The van der Waals surface area contributed by atoms with Gasteiger partial charge in [-0.25, -0.2) is 4.79 Å². The van der Waals surface area contributed by atoms with Crippen molar-refractivity contribution in [3.8, 4) is 5.75 Å². The maximum atomic E-state index is 12.7. The molecule has 1 aromatic heterocycles. The van der Waals surface area contributed by atoms with E-state index in [4.69, 9.17) is 4.74 Å². The van der Waals surface area contributed by atoms with Crippen LogP contribution in [0.3, 0.4) is 0 Å². The second-order valence-corrected chi connectivity index (χ2v) is 7.51. The van der Waals surface area contributed by atoms with Crippen molar-refractivity contribution < 1.29 is 14.6 Å². The van der Waals surface area contributed by atoms with Gasteiger partial charge in [0.15, 0.2) is 0 Å². The zero-order valence-corrected chi connectivity index (χ0v) is 16.8. The van der Waals surface area contributed by atoms with Crippen molar-refractivity contribution >= 4 is 38.4 Å². The number of hydrogen-bond donors (Lipinski definition) is 1. The van der Waals surface area contributed by atoms with Crippen LogP contribution >= 0.6 is 0 Å². The van der Waals surface area contributed by atoms with E-state index < -0.39 is 5.97 Å². The molecule has 0 aliphatic carbocycles. The summed E-state index contributed by atoms with van der Waals surface area (Å²) in [6.07, 6.45) is 0. The molecule has 0 spiro atoms. The van der Waals surface area contributed by atoms with Crippen LogP contribution in [0.15, 0.2) is 72.8 Å². The number of phenols is 1. The second-order valence-electron chi connectivity index (χ2n) is 7.51. The standard InChI is InChI=1S/C26H21NO3/c1-16-24(26(29)30-2)22-14-23(28)20-12-5-6-13-21(20)25(22)27(16)15-18-10-7-9-17-8-3-4-11-19(17)18/h3-14,28H,15H2,1-2H3. The minimum absolute atomic E-state index is 0.158. The number of carbonyl (C=O) groups excluding carboxylic acids is 1. The van der Waals surface area contributed by atoms with E-state index in [1.807, 2.05) is 43.3 Å². The molecule has 0 saturated heterocycles. The minimum Gasteiger partial charge on any atom is -0.507 e. The number of methoxy groups -OCH3 is 1. The molecule has 0 fully saturated rings. The summed E-state index contributed by atoms with van der Waals surface area (Å²) in [5, 5.41) is 15.4. The van der Waals surface area contributed by atoms with Crippen LogP contribution in [0.4, 0.5) is 0 Å². The molecule has 0 amide bonds. The van der Waals surface area contributed by atoms with Gasteiger partial charge in [0.25, 0.3) is 0 Å². The summed E-state index contributed by atoms with van der Waals surface area (Å²) < 4.78 is 7.23. The molecule has 0 aliphatic heterocycles. The lowest BCUT2D eigenvalue weighted by molar-refractivity contribution is 0.0602. The normalized spacial score (nSPS) is 11.4. The van der Waals surface area contributed by atoms with Gasteiger partial charge in [0.2, 0.25) is 0 Å². The average molecular weight is 395 g/mol. The number of rotatable bonds is 3. The van der Waals surface area contributed by atoms with Crippen LogP contribution in [-0.2, 0) is 11.3 Å². The zero-order valence-electron chi connectivity index (χ0n) is 16.8. The molecular weight excluding hydrogens is 374 g/mol. The summed E-state index contributed by atoms with van der Waals surface area (Å²) in [5.74, 6) is -0.241. The van der Waals surface area contributed by atoms with E-state index in [2.05, 4.69) is 34.9 Å². The molecule has 0 saturated carbocycles. The molecule has 0 bridgehead atoms. The highest BCUT2D eigenvalue weighted by Crippen LogP contribution is 2.38. The maximum absolute atomic E-state index is 12.7. The first-order valence-electron chi connectivity index (χ1n) is 9.88. The first-order valence-corrected chi connectivity index (χ1v) is 9.88. The highest BCUT2D eigenvalue weighted by Gasteiger charge is 2.23. The van der Waals surface area contributed by atoms with Crippen molar-refractivity contribution in [3.05, 3.63) is 89.6 Å². The Balaban J connectivity index is 1.86. The highest BCUT2D eigenvalue weighted by molar-refractivity contribution is 6.16. The largest absolute Gasteiger partial charge is 0.507 e. The van der Waals surface area contributed by atoms with Crippen LogP contribution in [0.1, 0.15) is 21.6 Å². The Labute approximate surface area is 173 Å². The number of phenolic OH excluding ortho intramolecular Hbond substituents is 1. The van der Waals surface area contributed by atoms with Gasteiger partial charge in [-0.3, -0.25) is 0 Å². The van der Waals surface area contributed by atoms with Crippen LogP contribution < -0.4 is 0 Å². The van der Waals surface area contributed by atoms with Gasteiger partial charge in [0.05, 0.1) is 18.2 Å². The van der Waals surface area contributed by atoms with E-state index in [9.17, 15) is 9.90 Å². The van der Waals surface area contributed by atoms with Crippen LogP contribution in [0.25, 0.3) is 32.4 Å². The number of aromatic nitrogens is 1. The fraction of sp³-hybridized carbons (Fsp3) is 0.115. The lowest BCUT2D eigenvalue weighted by atomic mass is 10.0. The third kappa shape index (κ3) is 2.65. The molecule has 0 unspecified atom stereocenters. The zero-order chi connectivity index (χ0) is 20.8. The summed E-state index contributed by atoms with van der Waals surface area (Å²) in [6.45, 7) is 2.54. The predicted octanol–water partition coefficient (Wildman–Crippen LogP) is 5.80. The molecule has 1 N–H and O–H groups in total. The number of fused-ring (bicyclic) bond motifs is 4. The first kappa shape index (κ1) is 18.3. The van der Waals surface area contributed by atoms with Crippen LogP contribution in [0.5, 0.6) is 5.75 Å².